The van der Waals surface area contributed by atoms with Crippen LogP contribution < -0.4 is 15.8 Å². The number of nitrogen functional groups attached to an aromatic ring is 1. The molecule has 0 atom stereocenters. The summed E-state index contributed by atoms with van der Waals surface area (Å²) in [6.07, 6.45) is 1.26. The molecule has 0 aliphatic carbocycles. The number of ether oxygens (including phenoxy) is 2. The molecule has 0 bridgehead atoms. The number of nitrogens with zero attached hydrogens (tertiary/aromatic N) is 3. The average molecular weight is 484 g/mol. The average Bonchev–Trinajstić information content (AvgIpc) is 2.83. The Balaban J connectivity index is 1.27. The molecule has 0 saturated carbocycles. The second-order valence-corrected chi connectivity index (χ2v) is 10.0. The fourth-order valence-electron chi connectivity index (χ4n) is 3.12. The first-order chi connectivity index (χ1) is 16.1. The van der Waals surface area contributed by atoms with E-state index in [2.05, 4.69) is 20.3 Å². The van der Waals surface area contributed by atoms with Gasteiger partial charge < -0.3 is 20.5 Å². The normalized spacial score (nSPS) is 14.0. The van der Waals surface area contributed by atoms with Gasteiger partial charge >= 0.3 is 5.97 Å². The van der Waals surface area contributed by atoms with E-state index in [4.69, 9.17) is 15.2 Å². The first-order valence-electron chi connectivity index (χ1n) is 10.5. The summed E-state index contributed by atoms with van der Waals surface area (Å²) in [7, 11) is 0. The fraction of sp³-hybridized carbons (Fsp3) is 0.304. The number of anilines is 3. The Morgan fingerprint density at radius 1 is 1.09 bits per heavy atom. The first kappa shape index (κ1) is 23.2. The molecule has 8 nitrogen and oxygen atoms in total. The van der Waals surface area contributed by atoms with Gasteiger partial charge in [-0.15, -0.1) is 23.5 Å². The monoisotopic (exact) mass is 483 g/mol. The summed E-state index contributed by atoms with van der Waals surface area (Å²) in [5, 5.41) is 3.11. The lowest BCUT2D eigenvalue weighted by Crippen LogP contribution is -2.16. The van der Waals surface area contributed by atoms with Crippen LogP contribution in [0.2, 0.25) is 0 Å². The predicted octanol–water partition coefficient (Wildman–Crippen LogP) is 4.50. The fourth-order valence-corrected chi connectivity index (χ4v) is 6.02. The third-order valence-corrected chi connectivity index (χ3v) is 7.80. The van der Waals surface area contributed by atoms with Crippen LogP contribution in [0.3, 0.4) is 0 Å². The molecule has 172 valence electrons. The van der Waals surface area contributed by atoms with Crippen molar-refractivity contribution in [2.45, 2.75) is 24.5 Å². The summed E-state index contributed by atoms with van der Waals surface area (Å²) < 4.78 is 11.3. The number of nitrogens with two attached hydrogens (primary N) is 1. The topological polar surface area (TPSA) is 112 Å². The highest BCUT2D eigenvalue weighted by molar-refractivity contribution is 8.16. The Morgan fingerprint density at radius 2 is 1.85 bits per heavy atom. The number of thioether (sulfide) groups is 2. The highest BCUT2D eigenvalue weighted by atomic mass is 32.2. The van der Waals surface area contributed by atoms with Crippen molar-refractivity contribution >= 4 is 47.1 Å². The number of benzene rings is 2. The van der Waals surface area contributed by atoms with Crippen molar-refractivity contribution in [1.82, 2.24) is 15.0 Å². The van der Waals surface area contributed by atoms with Gasteiger partial charge in [-0.25, -0.2) is 4.79 Å². The molecule has 1 saturated heterocycles. The van der Waals surface area contributed by atoms with E-state index >= 15 is 0 Å². The van der Waals surface area contributed by atoms with Gasteiger partial charge in [-0.2, -0.15) is 15.0 Å². The van der Waals surface area contributed by atoms with Crippen molar-refractivity contribution in [3.05, 3.63) is 65.5 Å². The molecule has 0 spiro atoms. The largest absolute Gasteiger partial charge is 0.482 e. The molecule has 4 rings (SSSR count). The van der Waals surface area contributed by atoms with Gasteiger partial charge in [0.25, 0.3) is 0 Å². The number of hydrogen-bond acceptors (Lipinski definition) is 10. The van der Waals surface area contributed by atoms with Gasteiger partial charge in [0.1, 0.15) is 5.75 Å². The first-order valence-corrected chi connectivity index (χ1v) is 12.6. The summed E-state index contributed by atoms with van der Waals surface area (Å²) in [5.74, 6) is 3.06. The van der Waals surface area contributed by atoms with Gasteiger partial charge in [0.2, 0.25) is 11.9 Å². The van der Waals surface area contributed by atoms with Gasteiger partial charge in [-0.05, 0) is 54.2 Å². The van der Waals surface area contributed by atoms with Crippen LogP contribution >= 0.6 is 23.5 Å². The second-order valence-electron chi connectivity index (χ2n) is 7.32. The Morgan fingerprint density at radius 3 is 2.61 bits per heavy atom. The minimum atomic E-state index is -0.523. The maximum Gasteiger partial charge on any atom is 0.344 e. The molecule has 2 heterocycles. The zero-order valence-corrected chi connectivity index (χ0v) is 19.8. The number of aromatic nitrogens is 3. The maximum atomic E-state index is 12.1. The highest BCUT2D eigenvalue weighted by Gasteiger charge is 2.16. The summed E-state index contributed by atoms with van der Waals surface area (Å²) in [6.45, 7) is 1.63. The maximum absolute atomic E-state index is 12.1. The number of carbonyl (C=O) groups excluding carboxylic acids is 1. The van der Waals surface area contributed by atoms with E-state index in [0.29, 0.717) is 10.3 Å². The number of para-hydroxylation sites is 1. The number of rotatable bonds is 8. The van der Waals surface area contributed by atoms with E-state index in [9.17, 15) is 4.79 Å². The minimum Gasteiger partial charge on any atom is -0.482 e. The number of esters is 1. The van der Waals surface area contributed by atoms with E-state index in [1.807, 2.05) is 79.0 Å². The smallest absolute Gasteiger partial charge is 0.344 e. The van der Waals surface area contributed by atoms with Crippen LogP contribution in [0.25, 0.3) is 0 Å². The molecular weight excluding hydrogens is 458 g/mol. The van der Waals surface area contributed by atoms with Crippen molar-refractivity contribution in [3.8, 4) is 5.75 Å². The highest BCUT2D eigenvalue weighted by Crippen LogP contribution is 2.43. The van der Waals surface area contributed by atoms with Crippen LogP contribution in [-0.2, 0) is 16.1 Å². The van der Waals surface area contributed by atoms with Crippen LogP contribution in [0.1, 0.15) is 28.0 Å². The third-order valence-electron chi connectivity index (χ3n) is 4.79. The van der Waals surface area contributed by atoms with Crippen molar-refractivity contribution in [2.24, 2.45) is 0 Å². The second kappa shape index (κ2) is 11.2. The lowest BCUT2D eigenvalue weighted by molar-refractivity contribution is -0.147. The van der Waals surface area contributed by atoms with Crippen molar-refractivity contribution < 1.29 is 14.3 Å². The molecule has 0 radical (unpaired) electrons. The minimum absolute atomic E-state index is 0.0396. The van der Waals surface area contributed by atoms with Crippen LogP contribution in [0.15, 0.2) is 48.5 Å². The molecular formula is C23H25N5O3S2. The van der Waals surface area contributed by atoms with Crippen molar-refractivity contribution in [3.63, 3.8) is 0 Å². The van der Waals surface area contributed by atoms with Gasteiger partial charge in [-0.3, -0.25) is 0 Å². The van der Waals surface area contributed by atoms with Crippen LogP contribution in [0.4, 0.5) is 17.6 Å². The third kappa shape index (κ3) is 6.75. The molecule has 1 aliphatic heterocycles. The van der Waals surface area contributed by atoms with Gasteiger partial charge in [0, 0.05) is 5.69 Å². The number of aryl methyl sites for hydroxylation is 1. The van der Waals surface area contributed by atoms with Crippen LogP contribution in [0, 0.1) is 6.92 Å². The number of carbonyl (C=O) groups is 1. The molecule has 0 unspecified atom stereocenters. The molecule has 33 heavy (non-hydrogen) atoms. The molecule has 3 aromatic rings. The van der Waals surface area contributed by atoms with Crippen molar-refractivity contribution in [2.75, 3.05) is 29.2 Å². The van der Waals surface area contributed by atoms with E-state index in [1.54, 1.807) is 0 Å². The summed E-state index contributed by atoms with van der Waals surface area (Å²) in [5.41, 5.74) is 8.94. The SMILES string of the molecule is Cc1ccccc1Nc1nc(N)nc(COC(=O)COc2ccc(C3SCCCS3)cc2)n1. The van der Waals surface area contributed by atoms with Crippen molar-refractivity contribution in [1.29, 1.82) is 0 Å². The Kier molecular flexibility index (Phi) is 7.90. The number of nitrogens with one attached hydrogen (secondary N) is 1. The molecule has 1 aromatic heterocycles. The summed E-state index contributed by atoms with van der Waals surface area (Å²) in [4.78, 5) is 24.5. The lowest BCUT2D eigenvalue weighted by Gasteiger charge is -2.21. The molecule has 3 N–H and O–H groups in total. The zero-order valence-electron chi connectivity index (χ0n) is 18.2. The predicted molar refractivity (Wildman–Crippen MR) is 133 cm³/mol. The van der Waals surface area contributed by atoms with E-state index in [0.717, 1.165) is 11.3 Å². The molecule has 1 aliphatic rings. The van der Waals surface area contributed by atoms with Gasteiger partial charge in [0.05, 0.1) is 4.58 Å². The van der Waals surface area contributed by atoms with E-state index in [-0.39, 0.29) is 30.9 Å². The van der Waals surface area contributed by atoms with Crippen LogP contribution in [-0.4, -0.2) is 39.0 Å². The molecule has 1 fully saturated rings. The van der Waals surface area contributed by atoms with Gasteiger partial charge in [0.15, 0.2) is 19.0 Å². The van der Waals surface area contributed by atoms with E-state index in [1.165, 1.54) is 23.5 Å². The molecule has 10 heteroatoms. The van der Waals surface area contributed by atoms with Gasteiger partial charge in [-0.1, -0.05) is 30.3 Å². The number of hydrogen-bond donors (Lipinski definition) is 2. The molecule has 2 aromatic carbocycles. The lowest BCUT2D eigenvalue weighted by atomic mass is 10.2. The quantitative estimate of drug-likeness (QED) is 0.444. The van der Waals surface area contributed by atoms with Crippen LogP contribution in [0.5, 0.6) is 5.75 Å². The summed E-state index contributed by atoms with van der Waals surface area (Å²) >= 11 is 3.93. The Labute approximate surface area is 201 Å². The standard InChI is InChI=1S/C23H25N5O3S2/c1-15-5-2-3-6-18(15)25-23-27-19(26-22(24)28-23)13-31-20(29)14-30-17-9-7-16(8-10-17)21-32-11-4-12-33-21/h2-3,5-10,21H,4,11-14H2,1H3,(H3,24,25,26,27,28). The molecule has 0 amide bonds. The zero-order chi connectivity index (χ0) is 23.0. The Hall–Kier alpha value is -2.98. The summed E-state index contributed by atoms with van der Waals surface area (Å²) in [6, 6.07) is 15.6. The Bertz CT molecular complexity index is 1090. The van der Waals surface area contributed by atoms with E-state index < -0.39 is 5.97 Å².